The Labute approximate surface area is 168 Å². The molecule has 2 nitrogen and oxygen atoms in total. The van der Waals surface area contributed by atoms with Gasteiger partial charge < -0.3 is 4.74 Å². The molecule has 3 aromatic carbocycles. The maximum absolute atomic E-state index is 5.53. The van der Waals surface area contributed by atoms with E-state index in [4.69, 9.17) is 4.74 Å². The van der Waals surface area contributed by atoms with Gasteiger partial charge in [-0.1, -0.05) is 91.9 Å². The van der Waals surface area contributed by atoms with Crippen molar-refractivity contribution in [1.29, 1.82) is 0 Å². The zero-order valence-electron chi connectivity index (χ0n) is 16.8. The third-order valence-corrected chi connectivity index (χ3v) is 4.86. The third kappa shape index (κ3) is 5.19. The Hall–Kier alpha value is -2.68. The number of hydrogen-bond acceptors (Lipinski definition) is 2. The first-order valence-corrected chi connectivity index (χ1v) is 9.99. The van der Waals surface area contributed by atoms with Gasteiger partial charge in [-0.05, 0) is 53.3 Å². The first-order valence-electron chi connectivity index (χ1n) is 9.99. The molecule has 0 bridgehead atoms. The van der Waals surface area contributed by atoms with Crippen LogP contribution in [0.5, 0.6) is 0 Å². The van der Waals surface area contributed by atoms with Crippen LogP contribution in [0.3, 0.4) is 0 Å². The quantitative estimate of drug-likeness (QED) is 0.292. The van der Waals surface area contributed by atoms with Gasteiger partial charge in [0.2, 0.25) is 0 Å². The van der Waals surface area contributed by atoms with Crippen LogP contribution in [0.15, 0.2) is 84.9 Å². The predicted molar refractivity (Wildman–Crippen MR) is 119 cm³/mol. The van der Waals surface area contributed by atoms with E-state index in [2.05, 4.69) is 97.2 Å². The molecule has 0 aromatic heterocycles. The van der Waals surface area contributed by atoms with E-state index in [1.54, 1.807) is 0 Å². The highest BCUT2D eigenvalue weighted by molar-refractivity contribution is 5.98. The van der Waals surface area contributed by atoms with Gasteiger partial charge in [0, 0.05) is 0 Å². The molecule has 0 heterocycles. The molecule has 3 aromatic rings. The minimum atomic E-state index is 0.593. The van der Waals surface area contributed by atoms with Gasteiger partial charge in [-0.2, -0.15) is 0 Å². The van der Waals surface area contributed by atoms with Crippen LogP contribution in [-0.4, -0.2) is 20.4 Å². The Bertz CT molecular complexity index is 867. The number of rotatable bonds is 9. The lowest BCUT2D eigenvalue weighted by Crippen LogP contribution is -2.13. The average Bonchev–Trinajstić information content (AvgIpc) is 2.77. The molecule has 0 aliphatic rings. The van der Waals surface area contributed by atoms with Gasteiger partial charge in [-0.3, -0.25) is 5.32 Å². The van der Waals surface area contributed by atoms with E-state index in [0.717, 1.165) is 19.4 Å². The molecule has 0 spiro atoms. The smallest absolute Gasteiger partial charge is 0.0962 e. The molecule has 0 atom stereocenters. The monoisotopic (exact) mass is 371 g/mol. The number of nitrogens with one attached hydrogen (secondary N) is 1. The Morgan fingerprint density at radius 1 is 0.750 bits per heavy atom. The van der Waals surface area contributed by atoms with Crippen LogP contribution >= 0.6 is 0 Å². The molecule has 1 N–H and O–H groups in total. The molecule has 0 radical (unpaired) electrons. The van der Waals surface area contributed by atoms with E-state index in [1.165, 1.54) is 33.4 Å². The van der Waals surface area contributed by atoms with E-state index >= 15 is 0 Å². The van der Waals surface area contributed by atoms with E-state index in [9.17, 15) is 0 Å². The molecule has 0 saturated heterocycles. The number of ether oxygens (including phenoxy) is 1. The van der Waals surface area contributed by atoms with E-state index in [1.807, 2.05) is 7.05 Å². The number of hydrogen-bond donors (Lipinski definition) is 1. The van der Waals surface area contributed by atoms with Crippen molar-refractivity contribution in [3.63, 3.8) is 0 Å². The normalized spacial score (nSPS) is 11.9. The van der Waals surface area contributed by atoms with E-state index in [-0.39, 0.29) is 0 Å². The van der Waals surface area contributed by atoms with Gasteiger partial charge in [0.1, 0.15) is 0 Å². The van der Waals surface area contributed by atoms with Gasteiger partial charge in [0.15, 0.2) is 0 Å². The summed E-state index contributed by atoms with van der Waals surface area (Å²) >= 11 is 0. The summed E-state index contributed by atoms with van der Waals surface area (Å²) in [4.78, 5) is 0. The highest BCUT2D eigenvalue weighted by Gasteiger charge is 2.12. The van der Waals surface area contributed by atoms with Crippen molar-refractivity contribution in [2.45, 2.75) is 19.8 Å². The van der Waals surface area contributed by atoms with Gasteiger partial charge in [-0.25, -0.2) is 0 Å². The first-order chi connectivity index (χ1) is 13.8. The topological polar surface area (TPSA) is 21.3 Å². The molecule has 144 valence electrons. The van der Waals surface area contributed by atoms with Crippen LogP contribution in [0.4, 0.5) is 0 Å². The van der Waals surface area contributed by atoms with Crippen LogP contribution in [0.25, 0.3) is 11.1 Å². The van der Waals surface area contributed by atoms with E-state index in [0.29, 0.717) is 6.73 Å². The molecule has 3 rings (SSSR count). The molecule has 0 saturated carbocycles. The third-order valence-electron chi connectivity index (χ3n) is 4.86. The minimum absolute atomic E-state index is 0.593. The van der Waals surface area contributed by atoms with Crippen molar-refractivity contribution in [3.8, 4) is 0 Å². The Morgan fingerprint density at radius 2 is 1.32 bits per heavy atom. The molecule has 0 aliphatic carbocycles. The van der Waals surface area contributed by atoms with Crippen molar-refractivity contribution in [3.05, 3.63) is 107 Å². The summed E-state index contributed by atoms with van der Waals surface area (Å²) in [5.41, 5.74) is 7.78. The maximum Gasteiger partial charge on any atom is 0.0962 e. The van der Waals surface area contributed by atoms with Crippen LogP contribution in [0.2, 0.25) is 0 Å². The Morgan fingerprint density at radius 3 is 1.89 bits per heavy atom. The summed E-state index contributed by atoms with van der Waals surface area (Å²) in [5.74, 6) is 0. The minimum Gasteiger partial charge on any atom is -0.366 e. The fourth-order valence-electron chi connectivity index (χ4n) is 3.49. The number of benzene rings is 3. The zero-order chi connectivity index (χ0) is 19.6. The number of allylic oxidation sites excluding steroid dienone is 1. The van der Waals surface area contributed by atoms with Gasteiger partial charge in [0.05, 0.1) is 13.3 Å². The second-order valence-corrected chi connectivity index (χ2v) is 6.79. The molecule has 0 unspecified atom stereocenters. The Kier molecular flexibility index (Phi) is 7.60. The highest BCUT2D eigenvalue weighted by atomic mass is 16.5. The second-order valence-electron chi connectivity index (χ2n) is 6.79. The van der Waals surface area contributed by atoms with Crippen molar-refractivity contribution in [2.24, 2.45) is 0 Å². The fourth-order valence-corrected chi connectivity index (χ4v) is 3.49. The largest absolute Gasteiger partial charge is 0.366 e. The van der Waals surface area contributed by atoms with Crippen LogP contribution in [-0.2, 0) is 11.2 Å². The fraction of sp³-hybridized carbons (Fsp3) is 0.231. The van der Waals surface area contributed by atoms with Crippen molar-refractivity contribution in [2.75, 3.05) is 20.4 Å². The predicted octanol–water partition coefficient (Wildman–Crippen LogP) is 5.79. The molecular weight excluding hydrogens is 342 g/mol. The lowest BCUT2D eigenvalue weighted by Gasteiger charge is -2.16. The average molecular weight is 372 g/mol. The van der Waals surface area contributed by atoms with Gasteiger partial charge in [-0.15, -0.1) is 0 Å². The summed E-state index contributed by atoms with van der Waals surface area (Å²) in [6.07, 6.45) is 1.90. The molecule has 0 amide bonds. The second kappa shape index (κ2) is 10.6. The lowest BCUT2D eigenvalue weighted by molar-refractivity contribution is 0.125. The molecule has 0 fully saturated rings. The van der Waals surface area contributed by atoms with Crippen LogP contribution in [0, 0.1) is 0 Å². The summed E-state index contributed by atoms with van der Waals surface area (Å²) in [6.45, 7) is 3.56. The van der Waals surface area contributed by atoms with Crippen LogP contribution in [0.1, 0.15) is 35.6 Å². The van der Waals surface area contributed by atoms with Crippen LogP contribution < -0.4 is 5.32 Å². The summed E-state index contributed by atoms with van der Waals surface area (Å²) in [7, 11) is 1.89. The van der Waals surface area contributed by atoms with Gasteiger partial charge in [0.25, 0.3) is 0 Å². The van der Waals surface area contributed by atoms with Crippen molar-refractivity contribution >= 4 is 11.1 Å². The molecule has 2 heteroatoms. The van der Waals surface area contributed by atoms with Gasteiger partial charge >= 0.3 is 0 Å². The standard InChI is InChI=1S/C26H29NO/c1-3-25(22-10-6-4-7-11-22)26(23-12-8-5-9-13-23)24-16-14-21(15-17-24)18-19-28-20-27-2/h4-17,27H,3,18-20H2,1-2H3/b26-25-. The van der Waals surface area contributed by atoms with Crippen molar-refractivity contribution in [1.82, 2.24) is 5.32 Å². The molecule has 28 heavy (non-hydrogen) atoms. The lowest BCUT2D eigenvalue weighted by atomic mass is 9.88. The molecule has 0 aliphatic heterocycles. The highest BCUT2D eigenvalue weighted by Crippen LogP contribution is 2.34. The summed E-state index contributed by atoms with van der Waals surface area (Å²) in [6, 6.07) is 30.3. The SMILES string of the molecule is CC/C(=C(\c1ccccc1)c1ccc(CCOCNC)cc1)c1ccccc1. The first kappa shape index (κ1) is 20.1. The zero-order valence-corrected chi connectivity index (χ0v) is 16.8. The van der Waals surface area contributed by atoms with E-state index < -0.39 is 0 Å². The van der Waals surface area contributed by atoms with Crippen molar-refractivity contribution < 1.29 is 4.74 Å². The summed E-state index contributed by atoms with van der Waals surface area (Å²) in [5, 5.41) is 3.00. The Balaban J connectivity index is 1.97. The summed E-state index contributed by atoms with van der Waals surface area (Å²) < 4.78 is 5.53. The maximum atomic E-state index is 5.53. The molecular formula is C26H29NO.